The summed E-state index contributed by atoms with van der Waals surface area (Å²) < 4.78 is 5.31. The molecule has 1 aromatic carbocycles. The van der Waals surface area contributed by atoms with Gasteiger partial charge in [-0.15, -0.1) is 0 Å². The lowest BCUT2D eigenvalue weighted by Crippen LogP contribution is -2.46. The van der Waals surface area contributed by atoms with Crippen molar-refractivity contribution in [2.75, 3.05) is 13.2 Å². The van der Waals surface area contributed by atoms with E-state index in [0.29, 0.717) is 22.2 Å². The monoisotopic (exact) mass is 305 g/mol. The molecule has 4 nitrogen and oxygen atoms in total. The molecule has 1 amide bonds. The van der Waals surface area contributed by atoms with Crippen molar-refractivity contribution in [3.05, 3.63) is 28.2 Å². The molecule has 0 aliphatic rings. The van der Waals surface area contributed by atoms with Gasteiger partial charge in [-0.25, -0.2) is 0 Å². The minimum Gasteiger partial charge on any atom is -0.482 e. The van der Waals surface area contributed by atoms with E-state index in [1.54, 1.807) is 18.2 Å². The fourth-order valence-corrected chi connectivity index (χ4v) is 1.82. The number of aliphatic hydroxyl groups is 1. The van der Waals surface area contributed by atoms with E-state index >= 15 is 0 Å². The molecule has 106 valence electrons. The van der Waals surface area contributed by atoms with Crippen LogP contribution in [0.25, 0.3) is 0 Å². The van der Waals surface area contributed by atoms with Crippen molar-refractivity contribution in [3.63, 3.8) is 0 Å². The molecule has 0 atom stereocenters. The number of ether oxygens (including phenoxy) is 1. The smallest absolute Gasteiger partial charge is 0.258 e. The van der Waals surface area contributed by atoms with Crippen LogP contribution < -0.4 is 10.1 Å². The molecule has 0 heterocycles. The van der Waals surface area contributed by atoms with Crippen molar-refractivity contribution in [2.45, 2.75) is 25.8 Å². The van der Waals surface area contributed by atoms with Crippen LogP contribution in [0.4, 0.5) is 0 Å². The van der Waals surface area contributed by atoms with Gasteiger partial charge in [0.2, 0.25) is 0 Å². The van der Waals surface area contributed by atoms with Gasteiger partial charge in [-0.3, -0.25) is 4.79 Å². The number of amides is 1. The Morgan fingerprint density at radius 1 is 1.42 bits per heavy atom. The van der Waals surface area contributed by atoms with Gasteiger partial charge in [-0.2, -0.15) is 0 Å². The Bertz CT molecular complexity index is 450. The summed E-state index contributed by atoms with van der Waals surface area (Å²) in [6.07, 6.45) is 0.469. The second kappa shape index (κ2) is 6.98. The SMILES string of the molecule is CC(C)(CCO)NC(=O)COc1cc(Cl)ccc1Cl. The number of halogens is 2. The van der Waals surface area contributed by atoms with Crippen LogP contribution >= 0.6 is 23.2 Å². The third-order valence-corrected chi connectivity index (χ3v) is 3.01. The molecule has 1 rings (SSSR count). The molecule has 2 N–H and O–H groups in total. The third-order valence-electron chi connectivity index (χ3n) is 2.47. The number of carbonyl (C=O) groups excluding carboxylic acids is 1. The van der Waals surface area contributed by atoms with E-state index in [4.69, 9.17) is 33.0 Å². The van der Waals surface area contributed by atoms with E-state index in [-0.39, 0.29) is 19.1 Å². The molecule has 0 spiro atoms. The summed E-state index contributed by atoms with van der Waals surface area (Å²) in [5.41, 5.74) is -0.479. The molecule has 0 aromatic heterocycles. The minimum atomic E-state index is -0.479. The predicted molar refractivity (Wildman–Crippen MR) is 75.9 cm³/mol. The minimum absolute atomic E-state index is 0.00819. The molecule has 0 aliphatic heterocycles. The van der Waals surface area contributed by atoms with E-state index in [1.165, 1.54) is 0 Å². The Morgan fingerprint density at radius 2 is 2.11 bits per heavy atom. The fraction of sp³-hybridized carbons (Fsp3) is 0.462. The van der Waals surface area contributed by atoms with Crippen LogP contribution in [0.3, 0.4) is 0 Å². The molecular weight excluding hydrogens is 289 g/mol. The molecular formula is C13H17Cl2NO3. The van der Waals surface area contributed by atoms with Crippen molar-refractivity contribution in [1.29, 1.82) is 0 Å². The van der Waals surface area contributed by atoms with E-state index in [1.807, 2.05) is 13.8 Å². The second-order valence-electron chi connectivity index (χ2n) is 4.77. The summed E-state index contributed by atoms with van der Waals surface area (Å²) in [6.45, 7) is 3.50. The molecule has 0 bridgehead atoms. The first-order valence-electron chi connectivity index (χ1n) is 5.84. The summed E-state index contributed by atoms with van der Waals surface area (Å²) in [6, 6.07) is 4.80. The van der Waals surface area contributed by atoms with Crippen LogP contribution in [-0.4, -0.2) is 29.8 Å². The van der Waals surface area contributed by atoms with Crippen LogP contribution in [-0.2, 0) is 4.79 Å². The number of benzene rings is 1. The van der Waals surface area contributed by atoms with Gasteiger partial charge in [0, 0.05) is 23.2 Å². The first kappa shape index (κ1) is 16.1. The molecule has 0 aliphatic carbocycles. The van der Waals surface area contributed by atoms with Crippen molar-refractivity contribution in [1.82, 2.24) is 5.32 Å². The van der Waals surface area contributed by atoms with E-state index in [9.17, 15) is 4.79 Å². The summed E-state index contributed by atoms with van der Waals surface area (Å²) in [5.74, 6) is 0.0822. The van der Waals surface area contributed by atoms with Crippen LogP contribution in [0, 0.1) is 0 Å². The maximum atomic E-state index is 11.7. The van der Waals surface area contributed by atoms with Crippen molar-refractivity contribution in [2.24, 2.45) is 0 Å². The van der Waals surface area contributed by atoms with Gasteiger partial charge in [0.25, 0.3) is 5.91 Å². The Balaban J connectivity index is 2.52. The second-order valence-corrected chi connectivity index (χ2v) is 5.61. The number of nitrogens with one attached hydrogen (secondary N) is 1. The van der Waals surface area contributed by atoms with Crippen LogP contribution in [0.15, 0.2) is 18.2 Å². The van der Waals surface area contributed by atoms with Gasteiger partial charge in [-0.05, 0) is 32.4 Å². The van der Waals surface area contributed by atoms with E-state index in [0.717, 1.165) is 0 Å². The summed E-state index contributed by atoms with van der Waals surface area (Å²) >= 11 is 11.7. The molecule has 1 aromatic rings. The van der Waals surface area contributed by atoms with Gasteiger partial charge >= 0.3 is 0 Å². The quantitative estimate of drug-likeness (QED) is 0.849. The van der Waals surface area contributed by atoms with Crippen LogP contribution in [0.5, 0.6) is 5.75 Å². The summed E-state index contributed by atoms with van der Waals surface area (Å²) in [7, 11) is 0. The zero-order chi connectivity index (χ0) is 14.5. The van der Waals surface area contributed by atoms with Crippen molar-refractivity contribution < 1.29 is 14.6 Å². The maximum Gasteiger partial charge on any atom is 0.258 e. The number of hydrogen-bond donors (Lipinski definition) is 2. The standard InChI is InChI=1S/C13H17Cl2NO3/c1-13(2,5-6-17)16-12(18)8-19-11-7-9(14)3-4-10(11)15/h3-4,7,17H,5-6,8H2,1-2H3,(H,16,18). The molecule has 0 unspecified atom stereocenters. The maximum absolute atomic E-state index is 11.7. The third kappa shape index (κ3) is 5.68. The average molecular weight is 306 g/mol. The summed E-state index contributed by atoms with van der Waals surface area (Å²) in [5, 5.41) is 12.5. The normalized spacial score (nSPS) is 11.2. The Labute approximate surface area is 122 Å². The van der Waals surface area contributed by atoms with Gasteiger partial charge in [0.1, 0.15) is 5.75 Å². The Kier molecular flexibility index (Phi) is 5.91. The Hall–Kier alpha value is -0.970. The van der Waals surface area contributed by atoms with E-state index in [2.05, 4.69) is 5.32 Å². The zero-order valence-electron chi connectivity index (χ0n) is 10.9. The highest BCUT2D eigenvalue weighted by molar-refractivity contribution is 6.34. The topological polar surface area (TPSA) is 58.6 Å². The lowest BCUT2D eigenvalue weighted by Gasteiger charge is -2.25. The summed E-state index contributed by atoms with van der Waals surface area (Å²) in [4.78, 5) is 11.7. The first-order chi connectivity index (χ1) is 8.84. The molecule has 19 heavy (non-hydrogen) atoms. The van der Waals surface area contributed by atoms with Crippen molar-refractivity contribution >= 4 is 29.1 Å². The number of carbonyl (C=O) groups is 1. The van der Waals surface area contributed by atoms with E-state index < -0.39 is 5.54 Å². The highest BCUT2D eigenvalue weighted by atomic mass is 35.5. The van der Waals surface area contributed by atoms with Crippen molar-refractivity contribution in [3.8, 4) is 5.75 Å². The lowest BCUT2D eigenvalue weighted by molar-refractivity contribution is -0.124. The van der Waals surface area contributed by atoms with Crippen LogP contribution in [0.1, 0.15) is 20.3 Å². The molecule has 0 saturated heterocycles. The zero-order valence-corrected chi connectivity index (χ0v) is 12.4. The predicted octanol–water partition coefficient (Wildman–Crippen LogP) is 2.65. The molecule has 6 heteroatoms. The highest BCUT2D eigenvalue weighted by Gasteiger charge is 2.20. The number of hydrogen-bond acceptors (Lipinski definition) is 3. The lowest BCUT2D eigenvalue weighted by atomic mass is 10.0. The first-order valence-corrected chi connectivity index (χ1v) is 6.59. The van der Waals surface area contributed by atoms with Gasteiger partial charge in [0.15, 0.2) is 6.61 Å². The van der Waals surface area contributed by atoms with Gasteiger partial charge < -0.3 is 15.2 Å². The Morgan fingerprint density at radius 3 is 2.74 bits per heavy atom. The van der Waals surface area contributed by atoms with Gasteiger partial charge in [0.05, 0.1) is 5.02 Å². The molecule has 0 saturated carbocycles. The number of aliphatic hydroxyl groups excluding tert-OH is 1. The largest absolute Gasteiger partial charge is 0.482 e. The average Bonchev–Trinajstić information content (AvgIpc) is 2.29. The van der Waals surface area contributed by atoms with Gasteiger partial charge in [-0.1, -0.05) is 23.2 Å². The molecule has 0 fully saturated rings. The van der Waals surface area contributed by atoms with Crippen LogP contribution in [0.2, 0.25) is 10.0 Å². The molecule has 0 radical (unpaired) electrons. The fourth-order valence-electron chi connectivity index (χ4n) is 1.49. The number of rotatable bonds is 6. The highest BCUT2D eigenvalue weighted by Crippen LogP contribution is 2.27.